The molecule has 0 saturated heterocycles. The lowest BCUT2D eigenvalue weighted by Gasteiger charge is -2.14. The van der Waals surface area contributed by atoms with Gasteiger partial charge in [-0.25, -0.2) is 4.98 Å². The van der Waals surface area contributed by atoms with Crippen LogP contribution in [0.15, 0.2) is 30.6 Å². The van der Waals surface area contributed by atoms with Gasteiger partial charge in [-0.05, 0) is 23.8 Å². The van der Waals surface area contributed by atoms with E-state index in [1.807, 2.05) is 0 Å². The van der Waals surface area contributed by atoms with Crippen molar-refractivity contribution in [3.63, 3.8) is 0 Å². The van der Waals surface area contributed by atoms with Gasteiger partial charge in [0, 0.05) is 18.9 Å². The molecule has 12 heteroatoms. The molecule has 0 amide bonds. The van der Waals surface area contributed by atoms with E-state index in [1.165, 1.54) is 16.8 Å². The van der Waals surface area contributed by atoms with Crippen LogP contribution in [0, 0.1) is 0 Å². The van der Waals surface area contributed by atoms with Crippen LogP contribution in [0.4, 0.5) is 38.1 Å². The number of hydrogen-bond donors (Lipinski definition) is 2. The summed E-state index contributed by atoms with van der Waals surface area (Å²) in [5.74, 6) is 0.173. The molecule has 2 heterocycles. The van der Waals surface area contributed by atoms with Gasteiger partial charge in [-0.2, -0.15) is 26.3 Å². The third-order valence-electron chi connectivity index (χ3n) is 3.46. The summed E-state index contributed by atoms with van der Waals surface area (Å²) in [6, 6.07) is 1.35. The molecule has 0 radical (unpaired) electrons. The summed E-state index contributed by atoms with van der Waals surface area (Å²) in [6.07, 6.45) is -7.02. The maximum Gasteiger partial charge on any atom is 0.416 e. The van der Waals surface area contributed by atoms with Gasteiger partial charge < -0.3 is 11.1 Å². The number of hydrogen-bond acceptors (Lipinski definition) is 5. The van der Waals surface area contributed by atoms with E-state index in [4.69, 9.17) is 5.73 Å². The predicted molar refractivity (Wildman–Crippen MR) is 79.0 cm³/mol. The highest BCUT2D eigenvalue weighted by Crippen LogP contribution is 2.36. The molecule has 0 unspecified atom stereocenters. The highest BCUT2D eigenvalue weighted by molar-refractivity contribution is 5.63. The van der Waals surface area contributed by atoms with Crippen LogP contribution in [-0.2, 0) is 18.9 Å². The average Bonchev–Trinajstić information content (AvgIpc) is 2.93. The molecule has 1 aromatic carbocycles. The SMILES string of the molecule is Nc1nnc2c(NCc3cc(C(F)(F)F)cc(C(F)(F)F)c3)nccn12. The number of anilines is 2. The Morgan fingerprint density at radius 3 is 2.15 bits per heavy atom. The molecule has 3 aromatic rings. The summed E-state index contributed by atoms with van der Waals surface area (Å²) in [6.45, 7) is -0.341. The summed E-state index contributed by atoms with van der Waals surface area (Å²) in [7, 11) is 0. The topological polar surface area (TPSA) is 81.1 Å². The number of halogens is 6. The summed E-state index contributed by atoms with van der Waals surface area (Å²) in [5, 5.41) is 10.0. The Bertz CT molecular complexity index is 913. The number of fused-ring (bicyclic) bond motifs is 1. The maximum atomic E-state index is 12.9. The number of benzene rings is 1. The van der Waals surface area contributed by atoms with Gasteiger partial charge in [-0.1, -0.05) is 0 Å². The molecule has 0 aliphatic heterocycles. The molecule has 0 atom stereocenters. The van der Waals surface area contributed by atoms with Crippen molar-refractivity contribution in [2.75, 3.05) is 11.1 Å². The summed E-state index contributed by atoms with van der Waals surface area (Å²) in [5.41, 5.74) is 2.77. The fourth-order valence-electron chi connectivity index (χ4n) is 2.28. The number of alkyl halides is 6. The normalized spacial score (nSPS) is 12.5. The molecule has 0 aliphatic carbocycles. The van der Waals surface area contributed by atoms with Gasteiger partial charge in [0.15, 0.2) is 5.82 Å². The molecule has 0 spiro atoms. The number of nitrogens with two attached hydrogens (primary N) is 1. The van der Waals surface area contributed by atoms with Gasteiger partial charge >= 0.3 is 12.4 Å². The van der Waals surface area contributed by atoms with E-state index in [0.29, 0.717) is 12.1 Å². The fraction of sp³-hybridized carbons (Fsp3) is 0.214. The number of nitrogens with one attached hydrogen (secondary N) is 1. The van der Waals surface area contributed by atoms with Gasteiger partial charge in [0.05, 0.1) is 11.1 Å². The maximum absolute atomic E-state index is 12.9. The third-order valence-corrected chi connectivity index (χ3v) is 3.46. The van der Waals surface area contributed by atoms with E-state index in [0.717, 1.165) is 0 Å². The number of rotatable bonds is 3. The van der Waals surface area contributed by atoms with Crippen LogP contribution >= 0.6 is 0 Å². The third kappa shape index (κ3) is 3.48. The van der Waals surface area contributed by atoms with Gasteiger partial charge in [-0.15, -0.1) is 10.2 Å². The van der Waals surface area contributed by atoms with E-state index in [9.17, 15) is 26.3 Å². The van der Waals surface area contributed by atoms with Crippen LogP contribution in [0.25, 0.3) is 5.65 Å². The first-order chi connectivity index (χ1) is 12.1. The molecule has 2 aromatic heterocycles. The summed E-state index contributed by atoms with van der Waals surface area (Å²) in [4.78, 5) is 3.94. The lowest BCUT2D eigenvalue weighted by Crippen LogP contribution is -2.13. The van der Waals surface area contributed by atoms with Crippen molar-refractivity contribution in [1.29, 1.82) is 0 Å². The second kappa shape index (κ2) is 6.04. The molecule has 26 heavy (non-hydrogen) atoms. The largest absolute Gasteiger partial charge is 0.416 e. The highest BCUT2D eigenvalue weighted by atomic mass is 19.4. The molecule has 138 valence electrons. The van der Waals surface area contributed by atoms with Crippen molar-refractivity contribution in [3.05, 3.63) is 47.3 Å². The van der Waals surface area contributed by atoms with Crippen molar-refractivity contribution in [2.24, 2.45) is 0 Å². The van der Waals surface area contributed by atoms with Crippen LogP contribution in [-0.4, -0.2) is 19.6 Å². The summed E-state index contributed by atoms with van der Waals surface area (Å²) < 4.78 is 78.6. The predicted octanol–water partition coefficient (Wildman–Crippen LogP) is 3.36. The second-order valence-corrected chi connectivity index (χ2v) is 5.30. The Balaban J connectivity index is 1.94. The van der Waals surface area contributed by atoms with Crippen molar-refractivity contribution < 1.29 is 26.3 Å². The van der Waals surface area contributed by atoms with Gasteiger partial charge in [0.25, 0.3) is 0 Å². The number of aromatic nitrogens is 4. The summed E-state index contributed by atoms with van der Waals surface area (Å²) >= 11 is 0. The first kappa shape index (κ1) is 17.8. The molecule has 3 N–H and O–H groups in total. The molecule has 6 nitrogen and oxygen atoms in total. The van der Waals surface area contributed by atoms with Crippen molar-refractivity contribution in [3.8, 4) is 0 Å². The molecule has 0 fully saturated rings. The molecular weight excluding hydrogens is 366 g/mol. The molecule has 0 saturated carbocycles. The zero-order valence-electron chi connectivity index (χ0n) is 12.7. The zero-order valence-corrected chi connectivity index (χ0v) is 12.7. The Morgan fingerprint density at radius 2 is 1.58 bits per heavy atom. The average molecular weight is 376 g/mol. The van der Waals surface area contributed by atoms with Crippen molar-refractivity contribution in [2.45, 2.75) is 18.9 Å². The van der Waals surface area contributed by atoms with Gasteiger partial charge in [0.1, 0.15) is 0 Å². The molecule has 3 rings (SSSR count). The zero-order chi connectivity index (χ0) is 19.1. The Morgan fingerprint density at radius 1 is 0.962 bits per heavy atom. The first-order valence-electron chi connectivity index (χ1n) is 7.03. The van der Waals surface area contributed by atoms with Crippen LogP contribution in [0.1, 0.15) is 16.7 Å². The van der Waals surface area contributed by atoms with Crippen LogP contribution in [0.3, 0.4) is 0 Å². The molecule has 0 aliphatic rings. The van der Waals surface area contributed by atoms with E-state index >= 15 is 0 Å². The number of nitrogen functional groups attached to an aromatic ring is 1. The number of nitrogens with zero attached hydrogens (tertiary/aromatic N) is 4. The minimum atomic E-state index is -4.91. The van der Waals surface area contributed by atoms with Crippen molar-refractivity contribution in [1.82, 2.24) is 19.6 Å². The minimum absolute atomic E-state index is 0.0591. The lowest BCUT2D eigenvalue weighted by atomic mass is 10.0. The van der Waals surface area contributed by atoms with Gasteiger partial charge in [0.2, 0.25) is 11.6 Å². The van der Waals surface area contributed by atoms with E-state index < -0.39 is 23.5 Å². The van der Waals surface area contributed by atoms with E-state index in [2.05, 4.69) is 20.5 Å². The molecular formula is C14H10F6N6. The standard InChI is InChI=1S/C14H10F6N6/c15-13(16,17)8-3-7(4-9(5-8)14(18,19)20)6-23-10-11-24-25-12(21)26(11)2-1-22-10/h1-5H,6H2,(H2,21,25)(H,22,23). The quantitative estimate of drug-likeness (QED) is 0.685. The van der Waals surface area contributed by atoms with E-state index in [1.54, 1.807) is 0 Å². The Labute approximate surface area is 141 Å². The second-order valence-electron chi connectivity index (χ2n) is 5.30. The Hall–Kier alpha value is -3.05. The van der Waals surface area contributed by atoms with Gasteiger partial charge in [-0.3, -0.25) is 4.40 Å². The first-order valence-corrected chi connectivity index (χ1v) is 7.03. The van der Waals surface area contributed by atoms with Crippen molar-refractivity contribution >= 4 is 17.4 Å². The highest BCUT2D eigenvalue weighted by Gasteiger charge is 2.36. The minimum Gasteiger partial charge on any atom is -0.368 e. The fourth-order valence-corrected chi connectivity index (χ4v) is 2.28. The molecule has 0 bridgehead atoms. The van der Waals surface area contributed by atoms with Crippen LogP contribution in [0.2, 0.25) is 0 Å². The Kier molecular flexibility index (Phi) is 4.12. The monoisotopic (exact) mass is 376 g/mol. The van der Waals surface area contributed by atoms with Crippen LogP contribution < -0.4 is 11.1 Å². The van der Waals surface area contributed by atoms with Crippen LogP contribution in [0.5, 0.6) is 0 Å². The van der Waals surface area contributed by atoms with E-state index in [-0.39, 0.29) is 35.6 Å². The smallest absolute Gasteiger partial charge is 0.368 e. The lowest BCUT2D eigenvalue weighted by molar-refractivity contribution is -0.143.